The Hall–Kier alpha value is -3.21. The van der Waals surface area contributed by atoms with Crippen molar-refractivity contribution >= 4 is 37.1 Å². The maximum absolute atomic E-state index is 13.5. The summed E-state index contributed by atoms with van der Waals surface area (Å²) < 4.78 is 57.4. The average Bonchev–Trinajstić information content (AvgIpc) is 3.31. The Morgan fingerprint density at radius 3 is 2.32 bits per heavy atom. The number of hydrogen-bond donors (Lipinski definition) is 0. The van der Waals surface area contributed by atoms with Crippen molar-refractivity contribution in [3.05, 3.63) is 89.5 Å². The second-order valence-corrected chi connectivity index (χ2v) is 14.1. The Labute approximate surface area is 223 Å². The molecule has 5 rings (SSSR count). The summed E-state index contributed by atoms with van der Waals surface area (Å²) in [6, 6.07) is 21.3. The van der Waals surface area contributed by atoms with E-state index in [9.17, 15) is 21.6 Å². The van der Waals surface area contributed by atoms with Crippen LogP contribution in [0.3, 0.4) is 0 Å². The molecule has 1 amide bonds. The molecule has 2 heterocycles. The van der Waals surface area contributed by atoms with E-state index >= 15 is 0 Å². The number of sulfonamides is 1. The van der Waals surface area contributed by atoms with Gasteiger partial charge in [0, 0.05) is 24.7 Å². The summed E-state index contributed by atoms with van der Waals surface area (Å²) in [5, 5.41) is 0. The van der Waals surface area contributed by atoms with Crippen molar-refractivity contribution in [3.63, 3.8) is 0 Å². The zero-order chi connectivity index (χ0) is 27.1. The van der Waals surface area contributed by atoms with Crippen LogP contribution in [0.5, 0.6) is 0 Å². The van der Waals surface area contributed by atoms with Gasteiger partial charge in [0.05, 0.1) is 41.4 Å². The van der Waals surface area contributed by atoms with Crippen LogP contribution in [-0.4, -0.2) is 61.6 Å². The minimum absolute atomic E-state index is 0.00210. The van der Waals surface area contributed by atoms with Gasteiger partial charge in [0.15, 0.2) is 9.84 Å². The lowest BCUT2D eigenvalue weighted by Gasteiger charge is -2.42. The largest absolute Gasteiger partial charge is 0.379 e. The number of para-hydroxylation sites is 1. The first-order valence-electron chi connectivity index (χ1n) is 12.4. The highest BCUT2D eigenvalue weighted by Gasteiger charge is 2.41. The SMILES string of the molecule is CN(c1ccccc1C(=O)N1CCc2cc(S(=O)(=O)CCC3(c4ccccc4)COC3)ccc21)S(C)(=O)=O. The van der Waals surface area contributed by atoms with Crippen molar-refractivity contribution in [2.75, 3.05) is 48.0 Å². The van der Waals surface area contributed by atoms with Gasteiger partial charge in [0.2, 0.25) is 10.0 Å². The Kier molecular flexibility index (Phi) is 6.83. The lowest BCUT2D eigenvalue weighted by Crippen LogP contribution is -2.47. The molecule has 10 heteroatoms. The molecule has 3 aromatic carbocycles. The van der Waals surface area contributed by atoms with Crippen LogP contribution >= 0.6 is 0 Å². The van der Waals surface area contributed by atoms with Crippen molar-refractivity contribution in [1.82, 2.24) is 0 Å². The van der Waals surface area contributed by atoms with Crippen LogP contribution in [0.2, 0.25) is 0 Å². The zero-order valence-corrected chi connectivity index (χ0v) is 23.0. The number of nitrogens with zero attached hydrogens (tertiary/aromatic N) is 2. The van der Waals surface area contributed by atoms with Crippen LogP contribution in [0.15, 0.2) is 77.7 Å². The molecule has 38 heavy (non-hydrogen) atoms. The van der Waals surface area contributed by atoms with Crippen molar-refractivity contribution in [2.45, 2.75) is 23.2 Å². The Morgan fingerprint density at radius 1 is 0.974 bits per heavy atom. The predicted octanol–water partition coefficient (Wildman–Crippen LogP) is 3.42. The number of benzene rings is 3. The van der Waals surface area contributed by atoms with Gasteiger partial charge in [-0.1, -0.05) is 42.5 Å². The van der Waals surface area contributed by atoms with Crippen molar-refractivity contribution in [2.24, 2.45) is 0 Å². The highest BCUT2D eigenvalue weighted by Crippen LogP contribution is 2.38. The number of amides is 1. The molecule has 0 aliphatic carbocycles. The summed E-state index contributed by atoms with van der Waals surface area (Å²) in [6.07, 6.45) is 2.06. The molecule has 0 radical (unpaired) electrons. The van der Waals surface area contributed by atoms with E-state index in [1.807, 2.05) is 30.3 Å². The lowest BCUT2D eigenvalue weighted by atomic mass is 9.76. The van der Waals surface area contributed by atoms with Crippen molar-refractivity contribution < 1.29 is 26.4 Å². The Balaban J connectivity index is 1.36. The summed E-state index contributed by atoms with van der Waals surface area (Å²) in [7, 11) is -5.71. The van der Waals surface area contributed by atoms with E-state index in [4.69, 9.17) is 4.74 Å². The number of fused-ring (bicyclic) bond motifs is 1. The third-order valence-corrected chi connectivity index (χ3v) is 10.4. The molecule has 8 nitrogen and oxygen atoms in total. The van der Waals surface area contributed by atoms with E-state index in [0.717, 1.165) is 21.7 Å². The molecule has 0 N–H and O–H groups in total. The van der Waals surface area contributed by atoms with Crippen molar-refractivity contribution in [3.8, 4) is 0 Å². The first kappa shape index (κ1) is 26.4. The minimum Gasteiger partial charge on any atom is -0.379 e. The van der Waals surface area contributed by atoms with Crippen LogP contribution in [0, 0.1) is 0 Å². The number of carbonyl (C=O) groups is 1. The maximum atomic E-state index is 13.5. The lowest BCUT2D eigenvalue weighted by molar-refractivity contribution is -0.0615. The van der Waals surface area contributed by atoms with Crippen LogP contribution < -0.4 is 9.21 Å². The highest BCUT2D eigenvalue weighted by molar-refractivity contribution is 7.92. The average molecular weight is 555 g/mol. The highest BCUT2D eigenvalue weighted by atomic mass is 32.2. The second kappa shape index (κ2) is 9.83. The van der Waals surface area contributed by atoms with Gasteiger partial charge in [-0.15, -0.1) is 0 Å². The molecule has 0 atom stereocenters. The first-order valence-corrected chi connectivity index (χ1v) is 15.9. The van der Waals surface area contributed by atoms with Gasteiger partial charge in [0.25, 0.3) is 5.91 Å². The maximum Gasteiger partial charge on any atom is 0.260 e. The Bertz CT molecular complexity index is 1580. The molecule has 0 unspecified atom stereocenters. The molecule has 1 saturated heterocycles. The minimum atomic E-state index is -3.56. The van der Waals surface area contributed by atoms with Gasteiger partial charge < -0.3 is 9.64 Å². The molecule has 0 saturated carbocycles. The molecule has 0 spiro atoms. The third-order valence-electron chi connectivity index (χ3n) is 7.51. The predicted molar refractivity (Wildman–Crippen MR) is 147 cm³/mol. The molecule has 2 aliphatic heterocycles. The number of sulfone groups is 1. The fraction of sp³-hybridized carbons (Fsp3) is 0.321. The number of ether oxygens (including phenoxy) is 1. The molecular formula is C28H30N2O6S2. The fourth-order valence-electron chi connectivity index (χ4n) is 5.08. The molecule has 3 aromatic rings. The van der Waals surface area contributed by atoms with E-state index in [1.54, 1.807) is 47.4 Å². The van der Waals surface area contributed by atoms with Gasteiger partial charge in [-0.2, -0.15) is 0 Å². The quantitative estimate of drug-likeness (QED) is 0.423. The summed E-state index contributed by atoms with van der Waals surface area (Å²) >= 11 is 0. The topological polar surface area (TPSA) is 101 Å². The standard InChI is InChI=1S/C28H30N2O6S2/c1-29(37(2,32)33)26-11-7-6-10-24(26)27(31)30-16-14-21-18-23(12-13-25(21)30)38(34,35)17-15-28(19-36-20-28)22-8-4-3-5-9-22/h3-13,18H,14-17,19-20H2,1-2H3. The van der Waals surface area contributed by atoms with Gasteiger partial charge in [-0.3, -0.25) is 9.10 Å². The van der Waals surface area contributed by atoms with E-state index < -0.39 is 19.9 Å². The molecule has 200 valence electrons. The van der Waals surface area contributed by atoms with Crippen LogP contribution in [0.25, 0.3) is 0 Å². The summed E-state index contributed by atoms with van der Waals surface area (Å²) in [6.45, 7) is 1.39. The van der Waals surface area contributed by atoms with Gasteiger partial charge in [-0.05, 0) is 54.3 Å². The number of carbonyl (C=O) groups excluding carboxylic acids is 1. The van der Waals surface area contributed by atoms with Gasteiger partial charge >= 0.3 is 0 Å². The van der Waals surface area contributed by atoms with E-state index in [1.165, 1.54) is 7.05 Å². The summed E-state index contributed by atoms with van der Waals surface area (Å²) in [5.41, 5.74) is 2.77. The van der Waals surface area contributed by atoms with Gasteiger partial charge in [0.1, 0.15) is 0 Å². The number of rotatable bonds is 8. The van der Waals surface area contributed by atoms with Crippen molar-refractivity contribution in [1.29, 1.82) is 0 Å². The second-order valence-electron chi connectivity index (χ2n) is 9.95. The Morgan fingerprint density at radius 2 is 1.66 bits per heavy atom. The molecule has 1 fully saturated rings. The van der Waals surface area contributed by atoms with Crippen LogP contribution in [-0.2, 0) is 36.4 Å². The third kappa shape index (κ3) is 4.83. The van der Waals surface area contributed by atoms with E-state index in [2.05, 4.69) is 0 Å². The summed E-state index contributed by atoms with van der Waals surface area (Å²) in [5.74, 6) is -0.335. The number of hydrogen-bond acceptors (Lipinski definition) is 6. The molecular weight excluding hydrogens is 524 g/mol. The fourth-order valence-corrected chi connectivity index (χ4v) is 7.09. The molecule has 2 aliphatic rings. The molecule has 0 aromatic heterocycles. The normalized spacial score (nSPS) is 16.5. The zero-order valence-electron chi connectivity index (χ0n) is 21.3. The van der Waals surface area contributed by atoms with Crippen LogP contribution in [0.1, 0.15) is 27.9 Å². The first-order chi connectivity index (χ1) is 18.0. The monoisotopic (exact) mass is 554 g/mol. The number of anilines is 2. The summed E-state index contributed by atoms with van der Waals surface area (Å²) in [4.78, 5) is 15.3. The van der Waals surface area contributed by atoms with E-state index in [0.29, 0.717) is 44.0 Å². The van der Waals surface area contributed by atoms with Crippen LogP contribution in [0.4, 0.5) is 11.4 Å². The van der Waals surface area contributed by atoms with E-state index in [-0.39, 0.29) is 27.5 Å². The molecule has 0 bridgehead atoms. The smallest absolute Gasteiger partial charge is 0.260 e. The van der Waals surface area contributed by atoms with Gasteiger partial charge in [-0.25, -0.2) is 16.8 Å².